The van der Waals surface area contributed by atoms with Gasteiger partial charge in [0.05, 0.1) is 6.04 Å². The predicted octanol–water partition coefficient (Wildman–Crippen LogP) is 4.43. The van der Waals surface area contributed by atoms with E-state index in [4.69, 9.17) is 16.6 Å². The number of aliphatic imine (C=N–C) groups is 1. The fraction of sp³-hybridized carbons (Fsp3) is 0.318. The van der Waals surface area contributed by atoms with E-state index < -0.39 is 0 Å². The number of guanidine groups is 1. The number of halogens is 2. The van der Waals surface area contributed by atoms with Crippen molar-refractivity contribution in [3.05, 3.63) is 82.4 Å². The van der Waals surface area contributed by atoms with Crippen LogP contribution in [0.15, 0.2) is 59.6 Å². The Kier molecular flexibility index (Phi) is 9.58. The molecule has 1 heterocycles. The summed E-state index contributed by atoms with van der Waals surface area (Å²) in [6.07, 6.45) is 0.876. The first kappa shape index (κ1) is 24.1. The number of rotatable bonds is 7. The van der Waals surface area contributed by atoms with E-state index in [0.717, 1.165) is 35.6 Å². The molecule has 0 fully saturated rings. The van der Waals surface area contributed by atoms with Crippen molar-refractivity contribution in [2.45, 2.75) is 32.9 Å². The average Bonchev–Trinajstić information content (AvgIpc) is 3.06. The molecule has 2 N–H and O–H groups in total. The van der Waals surface area contributed by atoms with E-state index in [1.165, 1.54) is 11.1 Å². The molecule has 0 bridgehead atoms. The Hall–Kier alpha value is -2.13. The Balaban J connectivity index is 0.00000320. The highest BCUT2D eigenvalue weighted by Crippen LogP contribution is 2.12. The number of hydrogen-bond donors (Lipinski definition) is 2. The summed E-state index contributed by atoms with van der Waals surface area (Å²) in [6, 6.07) is 18.4. The molecule has 8 heteroatoms. The molecule has 0 saturated carbocycles. The molecule has 3 aromatic rings. The second-order valence-corrected chi connectivity index (χ2v) is 7.40. The van der Waals surface area contributed by atoms with Crippen LogP contribution in [0, 0.1) is 6.92 Å². The first-order chi connectivity index (χ1) is 14.0. The molecule has 0 aliphatic rings. The molecular weight excluding hydrogens is 511 g/mol. The van der Waals surface area contributed by atoms with Crippen molar-refractivity contribution in [1.29, 1.82) is 0 Å². The third-order valence-electron chi connectivity index (χ3n) is 4.83. The van der Waals surface area contributed by atoms with Crippen LogP contribution in [0.1, 0.15) is 35.7 Å². The zero-order valence-electron chi connectivity index (χ0n) is 17.5. The van der Waals surface area contributed by atoms with Crippen molar-refractivity contribution in [2.75, 3.05) is 6.54 Å². The van der Waals surface area contributed by atoms with Crippen LogP contribution in [0.4, 0.5) is 0 Å². The van der Waals surface area contributed by atoms with E-state index in [1.54, 1.807) is 0 Å². The first-order valence-corrected chi connectivity index (χ1v) is 10.1. The predicted molar refractivity (Wildman–Crippen MR) is 133 cm³/mol. The molecule has 0 amide bonds. The molecule has 2 aromatic carbocycles. The van der Waals surface area contributed by atoms with Gasteiger partial charge in [0.1, 0.15) is 12.4 Å². The van der Waals surface area contributed by atoms with Crippen LogP contribution < -0.4 is 10.6 Å². The summed E-state index contributed by atoms with van der Waals surface area (Å²) in [5.41, 5.74) is 2.43. The van der Waals surface area contributed by atoms with Gasteiger partial charge in [-0.3, -0.25) is 0 Å². The molecule has 1 atom stereocenters. The van der Waals surface area contributed by atoms with E-state index in [-0.39, 0.29) is 30.0 Å². The SMILES string of the molecule is Cc1nnc(CN=C(NCCc2ccc(Cl)cc2)NC(C)c2ccccc2)n1C.I. The average molecular weight is 539 g/mol. The third kappa shape index (κ3) is 6.98. The van der Waals surface area contributed by atoms with Gasteiger partial charge in [-0.05, 0) is 43.5 Å². The van der Waals surface area contributed by atoms with Gasteiger partial charge in [0, 0.05) is 18.6 Å². The van der Waals surface area contributed by atoms with Gasteiger partial charge in [0.15, 0.2) is 11.8 Å². The van der Waals surface area contributed by atoms with Crippen molar-refractivity contribution in [1.82, 2.24) is 25.4 Å². The fourth-order valence-corrected chi connectivity index (χ4v) is 3.02. The Morgan fingerprint density at radius 2 is 1.80 bits per heavy atom. The second kappa shape index (κ2) is 11.9. The lowest BCUT2D eigenvalue weighted by Crippen LogP contribution is -2.39. The van der Waals surface area contributed by atoms with Gasteiger partial charge < -0.3 is 15.2 Å². The summed E-state index contributed by atoms with van der Waals surface area (Å²) >= 11 is 5.97. The molecule has 0 spiro atoms. The zero-order valence-corrected chi connectivity index (χ0v) is 20.6. The molecule has 0 aliphatic carbocycles. The minimum Gasteiger partial charge on any atom is -0.356 e. The second-order valence-electron chi connectivity index (χ2n) is 6.97. The van der Waals surface area contributed by atoms with Crippen LogP contribution in [0.25, 0.3) is 0 Å². The number of benzene rings is 2. The largest absolute Gasteiger partial charge is 0.356 e. The molecule has 3 rings (SSSR count). The van der Waals surface area contributed by atoms with Crippen molar-refractivity contribution in [2.24, 2.45) is 12.0 Å². The summed E-state index contributed by atoms with van der Waals surface area (Å²) < 4.78 is 1.95. The van der Waals surface area contributed by atoms with E-state index in [9.17, 15) is 0 Å². The van der Waals surface area contributed by atoms with Gasteiger partial charge in [-0.25, -0.2) is 4.99 Å². The van der Waals surface area contributed by atoms with E-state index in [0.29, 0.717) is 6.54 Å². The van der Waals surface area contributed by atoms with Crippen LogP contribution in [-0.4, -0.2) is 27.3 Å². The van der Waals surface area contributed by atoms with Crippen LogP contribution in [0.5, 0.6) is 0 Å². The Bertz CT molecular complexity index is 940. The van der Waals surface area contributed by atoms with Crippen molar-refractivity contribution in [3.63, 3.8) is 0 Å². The number of nitrogens with zero attached hydrogens (tertiary/aromatic N) is 4. The number of aromatic nitrogens is 3. The molecule has 0 radical (unpaired) electrons. The Labute approximate surface area is 200 Å². The lowest BCUT2D eigenvalue weighted by atomic mass is 10.1. The Morgan fingerprint density at radius 3 is 2.43 bits per heavy atom. The molecule has 6 nitrogen and oxygen atoms in total. The van der Waals surface area contributed by atoms with Crippen LogP contribution in [0.2, 0.25) is 5.02 Å². The van der Waals surface area contributed by atoms with E-state index >= 15 is 0 Å². The summed E-state index contributed by atoms with van der Waals surface area (Å²) in [7, 11) is 1.95. The van der Waals surface area contributed by atoms with Gasteiger partial charge in [-0.1, -0.05) is 54.1 Å². The number of nitrogens with one attached hydrogen (secondary N) is 2. The summed E-state index contributed by atoms with van der Waals surface area (Å²) in [4.78, 5) is 4.73. The number of hydrogen-bond acceptors (Lipinski definition) is 3. The normalized spacial score (nSPS) is 12.2. The zero-order chi connectivity index (χ0) is 20.6. The summed E-state index contributed by atoms with van der Waals surface area (Å²) in [5, 5.41) is 16.0. The van der Waals surface area contributed by atoms with Gasteiger partial charge in [-0.2, -0.15) is 0 Å². The molecule has 1 aromatic heterocycles. The summed E-state index contributed by atoms with van der Waals surface area (Å²) in [5.74, 6) is 2.45. The van der Waals surface area contributed by atoms with Gasteiger partial charge in [-0.15, -0.1) is 34.2 Å². The van der Waals surface area contributed by atoms with Crippen LogP contribution >= 0.6 is 35.6 Å². The van der Waals surface area contributed by atoms with Crippen LogP contribution in [-0.2, 0) is 20.0 Å². The van der Waals surface area contributed by atoms with Gasteiger partial charge >= 0.3 is 0 Å². The number of aryl methyl sites for hydroxylation is 1. The highest BCUT2D eigenvalue weighted by molar-refractivity contribution is 14.0. The van der Waals surface area contributed by atoms with Crippen LogP contribution in [0.3, 0.4) is 0 Å². The van der Waals surface area contributed by atoms with Gasteiger partial charge in [0.25, 0.3) is 0 Å². The Morgan fingerprint density at radius 1 is 1.10 bits per heavy atom. The highest BCUT2D eigenvalue weighted by Gasteiger charge is 2.09. The van der Waals surface area contributed by atoms with E-state index in [2.05, 4.69) is 39.9 Å². The quantitative estimate of drug-likeness (QED) is 0.265. The van der Waals surface area contributed by atoms with Crippen molar-refractivity contribution in [3.8, 4) is 0 Å². The monoisotopic (exact) mass is 538 g/mol. The summed E-state index contributed by atoms with van der Waals surface area (Å²) in [6.45, 7) is 5.27. The fourth-order valence-electron chi connectivity index (χ4n) is 2.90. The maximum atomic E-state index is 5.97. The molecule has 160 valence electrons. The van der Waals surface area contributed by atoms with E-state index in [1.807, 2.05) is 61.0 Å². The smallest absolute Gasteiger partial charge is 0.192 e. The van der Waals surface area contributed by atoms with Crippen molar-refractivity contribution >= 4 is 41.5 Å². The lowest BCUT2D eigenvalue weighted by Gasteiger charge is -2.19. The van der Waals surface area contributed by atoms with Crippen molar-refractivity contribution < 1.29 is 0 Å². The maximum Gasteiger partial charge on any atom is 0.192 e. The topological polar surface area (TPSA) is 67.1 Å². The molecule has 0 saturated heterocycles. The first-order valence-electron chi connectivity index (χ1n) is 9.72. The maximum absolute atomic E-state index is 5.97. The standard InChI is InChI=1S/C22H27ClN6.HI/c1-16(19-7-5-4-6-8-19)26-22(25-15-21-28-27-17(2)29(21)3)24-14-13-18-9-11-20(23)12-10-18;/h4-12,16H,13-15H2,1-3H3,(H2,24,25,26);1H. The third-order valence-corrected chi connectivity index (χ3v) is 5.09. The molecule has 0 aliphatic heterocycles. The lowest BCUT2D eigenvalue weighted by molar-refractivity contribution is 0.675. The molecule has 1 unspecified atom stereocenters. The van der Waals surface area contributed by atoms with Gasteiger partial charge in [0.2, 0.25) is 0 Å². The molecular formula is C22H28ClIN6. The minimum absolute atomic E-state index is 0. The molecule has 30 heavy (non-hydrogen) atoms. The minimum atomic E-state index is 0. The highest BCUT2D eigenvalue weighted by atomic mass is 127.